The van der Waals surface area contributed by atoms with Gasteiger partial charge in [0.05, 0.1) is 36.5 Å². The van der Waals surface area contributed by atoms with Gasteiger partial charge in [0.25, 0.3) is 0 Å². The Bertz CT molecular complexity index is 577. The second-order valence-electron chi connectivity index (χ2n) is 6.67. The van der Waals surface area contributed by atoms with Crippen LogP contribution in [0.15, 0.2) is 24.3 Å². The molecule has 3 heterocycles. The topological polar surface area (TPSA) is 48.7 Å². The van der Waals surface area contributed by atoms with E-state index in [4.69, 9.17) is 14.7 Å². The summed E-state index contributed by atoms with van der Waals surface area (Å²) in [6.45, 7) is 5.69. The average molecular weight is 313 g/mol. The maximum atomic E-state index is 8.93. The number of morpholine rings is 1. The molecular weight excluding hydrogens is 290 g/mol. The van der Waals surface area contributed by atoms with E-state index in [-0.39, 0.29) is 6.10 Å². The van der Waals surface area contributed by atoms with Crippen molar-refractivity contribution in [2.75, 3.05) is 44.3 Å². The van der Waals surface area contributed by atoms with E-state index < -0.39 is 0 Å². The van der Waals surface area contributed by atoms with Crippen LogP contribution in [0.5, 0.6) is 0 Å². The van der Waals surface area contributed by atoms with Gasteiger partial charge >= 0.3 is 0 Å². The number of hydrogen-bond acceptors (Lipinski definition) is 5. The van der Waals surface area contributed by atoms with Crippen LogP contribution < -0.4 is 4.90 Å². The minimum atomic E-state index is 0.279. The molecule has 0 radical (unpaired) electrons. The lowest BCUT2D eigenvalue weighted by atomic mass is 10.1. The second kappa shape index (κ2) is 6.48. The lowest BCUT2D eigenvalue weighted by molar-refractivity contribution is -0.0612. The van der Waals surface area contributed by atoms with E-state index >= 15 is 0 Å². The molecule has 0 amide bonds. The normalized spacial score (nSPS) is 31.1. The third-order valence-corrected chi connectivity index (χ3v) is 5.24. The molecule has 3 atom stereocenters. The molecule has 0 bridgehead atoms. The summed E-state index contributed by atoms with van der Waals surface area (Å²) in [6, 6.07) is 10.5. The SMILES string of the molecule is N#Cc1ccc(N2C[C@@H]3OCCN(C[C@H]4CCCO4)[C@@H]3C2)cc1. The summed E-state index contributed by atoms with van der Waals surface area (Å²) in [4.78, 5) is 4.94. The van der Waals surface area contributed by atoms with Crippen LogP contribution in [-0.2, 0) is 9.47 Å². The van der Waals surface area contributed by atoms with Gasteiger partial charge < -0.3 is 14.4 Å². The minimum Gasteiger partial charge on any atom is -0.377 e. The molecule has 122 valence electrons. The van der Waals surface area contributed by atoms with Crippen molar-refractivity contribution in [3.05, 3.63) is 29.8 Å². The van der Waals surface area contributed by atoms with E-state index in [0.717, 1.165) is 39.4 Å². The van der Waals surface area contributed by atoms with Crippen molar-refractivity contribution in [1.29, 1.82) is 5.26 Å². The number of fused-ring (bicyclic) bond motifs is 1. The van der Waals surface area contributed by atoms with Crippen molar-refractivity contribution in [2.24, 2.45) is 0 Å². The summed E-state index contributed by atoms with van der Waals surface area (Å²) in [5, 5.41) is 8.93. The Morgan fingerprint density at radius 2 is 2.00 bits per heavy atom. The molecule has 0 aromatic heterocycles. The van der Waals surface area contributed by atoms with Gasteiger partial charge in [-0.05, 0) is 37.1 Å². The predicted octanol–water partition coefficient (Wildman–Crippen LogP) is 1.63. The van der Waals surface area contributed by atoms with Crippen LogP contribution in [0.4, 0.5) is 5.69 Å². The van der Waals surface area contributed by atoms with Gasteiger partial charge in [-0.25, -0.2) is 0 Å². The molecule has 0 aliphatic carbocycles. The van der Waals surface area contributed by atoms with Gasteiger partial charge in [-0.2, -0.15) is 5.26 Å². The fraction of sp³-hybridized carbons (Fsp3) is 0.611. The molecule has 0 N–H and O–H groups in total. The van der Waals surface area contributed by atoms with Crippen molar-refractivity contribution in [3.8, 4) is 6.07 Å². The standard InChI is InChI=1S/C18H23N3O2/c19-10-14-3-5-15(6-4-14)21-12-17-18(13-21)23-9-7-20(17)11-16-2-1-8-22-16/h3-6,16-18H,1-2,7-9,11-13H2/t16-,17-,18+/m1/s1. The first-order valence-electron chi connectivity index (χ1n) is 8.56. The smallest absolute Gasteiger partial charge is 0.0991 e. The van der Waals surface area contributed by atoms with Crippen LogP contribution >= 0.6 is 0 Å². The van der Waals surface area contributed by atoms with E-state index in [1.807, 2.05) is 24.3 Å². The summed E-state index contributed by atoms with van der Waals surface area (Å²) in [5.74, 6) is 0. The van der Waals surface area contributed by atoms with Gasteiger partial charge in [0, 0.05) is 38.5 Å². The lowest BCUT2D eigenvalue weighted by Crippen LogP contribution is -2.52. The van der Waals surface area contributed by atoms with Crippen LogP contribution in [0.1, 0.15) is 18.4 Å². The molecule has 23 heavy (non-hydrogen) atoms. The average Bonchev–Trinajstić information content (AvgIpc) is 3.25. The maximum absolute atomic E-state index is 8.93. The number of rotatable bonds is 3. The van der Waals surface area contributed by atoms with Crippen molar-refractivity contribution in [1.82, 2.24) is 4.90 Å². The molecule has 3 aliphatic heterocycles. The van der Waals surface area contributed by atoms with Crippen LogP contribution in [0, 0.1) is 11.3 Å². The molecule has 5 nitrogen and oxygen atoms in total. The van der Waals surface area contributed by atoms with E-state index in [9.17, 15) is 0 Å². The van der Waals surface area contributed by atoms with E-state index in [1.54, 1.807) is 0 Å². The van der Waals surface area contributed by atoms with Gasteiger partial charge in [0.15, 0.2) is 0 Å². The second-order valence-corrected chi connectivity index (χ2v) is 6.67. The van der Waals surface area contributed by atoms with Gasteiger partial charge in [-0.3, -0.25) is 4.90 Å². The first-order valence-corrected chi connectivity index (χ1v) is 8.56. The zero-order chi connectivity index (χ0) is 15.6. The van der Waals surface area contributed by atoms with Crippen LogP contribution in [0.2, 0.25) is 0 Å². The Hall–Kier alpha value is -1.61. The fourth-order valence-corrected chi connectivity index (χ4v) is 3.99. The summed E-state index contributed by atoms with van der Waals surface area (Å²) in [7, 11) is 0. The summed E-state index contributed by atoms with van der Waals surface area (Å²) >= 11 is 0. The zero-order valence-corrected chi connectivity index (χ0v) is 13.4. The van der Waals surface area contributed by atoms with Gasteiger partial charge in [0.2, 0.25) is 0 Å². The number of nitrogens with zero attached hydrogens (tertiary/aromatic N) is 3. The molecule has 3 saturated heterocycles. The Morgan fingerprint density at radius 3 is 2.74 bits per heavy atom. The Labute approximate surface area is 137 Å². The third kappa shape index (κ3) is 3.07. The largest absolute Gasteiger partial charge is 0.377 e. The van der Waals surface area contributed by atoms with Crippen molar-refractivity contribution in [3.63, 3.8) is 0 Å². The van der Waals surface area contributed by atoms with Crippen LogP contribution in [-0.4, -0.2) is 62.5 Å². The van der Waals surface area contributed by atoms with Gasteiger partial charge in [-0.1, -0.05) is 0 Å². The number of ether oxygens (including phenoxy) is 2. The highest BCUT2D eigenvalue weighted by Crippen LogP contribution is 2.28. The van der Waals surface area contributed by atoms with E-state index in [2.05, 4.69) is 15.9 Å². The summed E-state index contributed by atoms with van der Waals surface area (Å²) in [5.41, 5.74) is 1.89. The molecule has 5 heteroatoms. The molecule has 1 aromatic rings. The van der Waals surface area contributed by atoms with E-state index in [0.29, 0.717) is 17.7 Å². The number of hydrogen-bond donors (Lipinski definition) is 0. The number of nitriles is 1. The molecule has 0 unspecified atom stereocenters. The maximum Gasteiger partial charge on any atom is 0.0991 e. The van der Waals surface area contributed by atoms with Gasteiger partial charge in [-0.15, -0.1) is 0 Å². The molecule has 3 fully saturated rings. The molecule has 0 spiro atoms. The van der Waals surface area contributed by atoms with Gasteiger partial charge in [0.1, 0.15) is 0 Å². The summed E-state index contributed by atoms with van der Waals surface area (Å²) < 4.78 is 11.8. The highest BCUT2D eigenvalue weighted by molar-refractivity contribution is 5.51. The highest BCUT2D eigenvalue weighted by Gasteiger charge is 2.41. The molecule has 4 rings (SSSR count). The van der Waals surface area contributed by atoms with Crippen LogP contribution in [0.25, 0.3) is 0 Å². The first kappa shape index (κ1) is 14.9. The number of anilines is 1. The Balaban J connectivity index is 1.44. The zero-order valence-electron chi connectivity index (χ0n) is 13.4. The van der Waals surface area contributed by atoms with Crippen LogP contribution in [0.3, 0.4) is 0 Å². The predicted molar refractivity (Wildman–Crippen MR) is 87.4 cm³/mol. The fourth-order valence-electron chi connectivity index (χ4n) is 3.99. The Kier molecular flexibility index (Phi) is 4.21. The Morgan fingerprint density at radius 1 is 1.13 bits per heavy atom. The van der Waals surface area contributed by atoms with E-state index in [1.165, 1.54) is 18.5 Å². The highest BCUT2D eigenvalue weighted by atomic mass is 16.5. The lowest BCUT2D eigenvalue weighted by Gasteiger charge is -2.37. The summed E-state index contributed by atoms with van der Waals surface area (Å²) in [6.07, 6.45) is 3.06. The van der Waals surface area contributed by atoms with Crippen molar-refractivity contribution < 1.29 is 9.47 Å². The molecule has 3 aliphatic rings. The monoisotopic (exact) mass is 313 g/mol. The quantitative estimate of drug-likeness (QED) is 0.849. The molecule has 0 saturated carbocycles. The van der Waals surface area contributed by atoms with Crippen molar-refractivity contribution >= 4 is 5.69 Å². The number of benzene rings is 1. The molecular formula is C18H23N3O2. The third-order valence-electron chi connectivity index (χ3n) is 5.24. The minimum absolute atomic E-state index is 0.279. The molecule has 1 aromatic carbocycles. The van der Waals surface area contributed by atoms with Crippen molar-refractivity contribution in [2.45, 2.75) is 31.1 Å². The first-order chi connectivity index (χ1) is 11.3.